The Kier molecular flexibility index (Phi) is 6.36. The smallest absolute Gasteiger partial charge is 0.319 e. The van der Waals surface area contributed by atoms with Crippen molar-refractivity contribution in [1.29, 1.82) is 0 Å². The average molecular weight is 263 g/mol. The first kappa shape index (κ1) is 15.5. The Bertz CT molecular complexity index is 406. The first-order valence-corrected chi connectivity index (χ1v) is 6.97. The third kappa shape index (κ3) is 4.56. The minimum atomic E-state index is -0.404. The van der Waals surface area contributed by atoms with E-state index in [4.69, 9.17) is 11.5 Å². The maximum atomic E-state index is 11.7. The molecule has 0 heterocycles. The van der Waals surface area contributed by atoms with Crippen LogP contribution in [0.3, 0.4) is 0 Å². The molecule has 1 aromatic carbocycles. The van der Waals surface area contributed by atoms with E-state index in [9.17, 15) is 4.79 Å². The van der Waals surface area contributed by atoms with Gasteiger partial charge in [-0.1, -0.05) is 38.3 Å². The number of anilines is 1. The molecule has 0 aromatic heterocycles. The lowest BCUT2D eigenvalue weighted by atomic mass is 10.1. The number of primary amides is 1. The summed E-state index contributed by atoms with van der Waals surface area (Å²) in [5, 5.41) is 0. The van der Waals surface area contributed by atoms with Crippen molar-refractivity contribution in [2.24, 2.45) is 11.5 Å². The summed E-state index contributed by atoms with van der Waals surface area (Å²) in [7, 11) is 0. The topological polar surface area (TPSA) is 72.3 Å². The van der Waals surface area contributed by atoms with E-state index in [-0.39, 0.29) is 6.04 Å². The zero-order valence-electron chi connectivity index (χ0n) is 11.9. The Morgan fingerprint density at radius 2 is 2.11 bits per heavy atom. The largest absolute Gasteiger partial charge is 0.351 e. The normalized spacial score (nSPS) is 12.2. The molecule has 0 aliphatic rings. The van der Waals surface area contributed by atoms with Gasteiger partial charge in [0.05, 0.1) is 0 Å². The molecule has 0 aliphatic heterocycles. The van der Waals surface area contributed by atoms with Gasteiger partial charge in [0.15, 0.2) is 0 Å². The predicted octanol–water partition coefficient (Wildman–Crippen LogP) is 3.00. The monoisotopic (exact) mass is 263 g/mol. The van der Waals surface area contributed by atoms with Crippen LogP contribution in [0.15, 0.2) is 24.3 Å². The maximum absolute atomic E-state index is 11.7. The van der Waals surface area contributed by atoms with Gasteiger partial charge in [-0.15, -0.1) is 0 Å². The van der Waals surface area contributed by atoms with Crippen LogP contribution in [0.5, 0.6) is 0 Å². The number of nitrogens with zero attached hydrogens (tertiary/aromatic N) is 1. The van der Waals surface area contributed by atoms with Crippen molar-refractivity contribution >= 4 is 11.7 Å². The van der Waals surface area contributed by atoms with E-state index in [1.165, 1.54) is 12.8 Å². The zero-order valence-corrected chi connectivity index (χ0v) is 11.9. The Morgan fingerprint density at radius 3 is 2.68 bits per heavy atom. The van der Waals surface area contributed by atoms with Crippen molar-refractivity contribution in [2.45, 2.75) is 52.1 Å². The molecule has 1 atom stereocenters. The fourth-order valence-corrected chi connectivity index (χ4v) is 2.25. The van der Waals surface area contributed by atoms with Crippen LogP contribution in [0.2, 0.25) is 0 Å². The highest BCUT2D eigenvalue weighted by Gasteiger charge is 2.19. The van der Waals surface area contributed by atoms with Gasteiger partial charge < -0.3 is 11.5 Å². The second kappa shape index (κ2) is 7.79. The van der Waals surface area contributed by atoms with E-state index in [0.717, 1.165) is 24.1 Å². The van der Waals surface area contributed by atoms with Gasteiger partial charge >= 0.3 is 6.03 Å². The number of hydrogen-bond donors (Lipinski definition) is 2. The first-order valence-electron chi connectivity index (χ1n) is 6.97. The Balaban J connectivity index is 2.83. The quantitative estimate of drug-likeness (QED) is 0.742. The van der Waals surface area contributed by atoms with Crippen LogP contribution >= 0.6 is 0 Å². The molecule has 1 unspecified atom stereocenters. The average Bonchev–Trinajstić information content (AvgIpc) is 2.39. The van der Waals surface area contributed by atoms with Crippen molar-refractivity contribution < 1.29 is 4.79 Å². The fourth-order valence-electron chi connectivity index (χ4n) is 2.25. The number of carbonyl (C=O) groups is 1. The van der Waals surface area contributed by atoms with Gasteiger partial charge in [-0.2, -0.15) is 0 Å². The maximum Gasteiger partial charge on any atom is 0.319 e. The van der Waals surface area contributed by atoms with Gasteiger partial charge in [-0.05, 0) is 31.0 Å². The van der Waals surface area contributed by atoms with Crippen LogP contribution in [-0.2, 0) is 6.54 Å². The summed E-state index contributed by atoms with van der Waals surface area (Å²) in [5.74, 6) is 0. The van der Waals surface area contributed by atoms with Crippen LogP contribution in [0.1, 0.15) is 45.1 Å². The summed E-state index contributed by atoms with van der Waals surface area (Å²) >= 11 is 0. The van der Waals surface area contributed by atoms with E-state index < -0.39 is 6.03 Å². The predicted molar refractivity (Wildman–Crippen MR) is 80.0 cm³/mol. The standard InChI is InChI=1S/C15H25N3O/c1-3-4-5-7-12(2)18(15(17)19)14-9-6-8-13(10-14)11-16/h6,8-10,12H,3-5,7,11,16H2,1-2H3,(H2,17,19). The van der Waals surface area contributed by atoms with Crippen molar-refractivity contribution in [3.8, 4) is 0 Å². The number of urea groups is 1. The molecule has 0 fully saturated rings. The number of carbonyl (C=O) groups excluding carboxylic acids is 1. The van der Waals surface area contributed by atoms with Gasteiger partial charge in [0.25, 0.3) is 0 Å². The molecule has 0 aliphatic carbocycles. The molecular weight excluding hydrogens is 238 g/mol. The summed E-state index contributed by atoms with van der Waals surface area (Å²) in [4.78, 5) is 13.4. The molecule has 19 heavy (non-hydrogen) atoms. The molecule has 106 valence electrons. The van der Waals surface area contributed by atoms with Crippen LogP contribution in [0, 0.1) is 0 Å². The van der Waals surface area contributed by atoms with Gasteiger partial charge in [-0.25, -0.2) is 4.79 Å². The minimum absolute atomic E-state index is 0.108. The molecule has 0 saturated carbocycles. The van der Waals surface area contributed by atoms with E-state index in [2.05, 4.69) is 6.92 Å². The van der Waals surface area contributed by atoms with E-state index in [1.807, 2.05) is 31.2 Å². The molecule has 0 saturated heterocycles. The molecular formula is C15H25N3O. The van der Waals surface area contributed by atoms with E-state index in [0.29, 0.717) is 6.54 Å². The fraction of sp³-hybridized carbons (Fsp3) is 0.533. The van der Waals surface area contributed by atoms with Crippen LogP contribution in [0.25, 0.3) is 0 Å². The number of unbranched alkanes of at least 4 members (excludes halogenated alkanes) is 2. The molecule has 1 aromatic rings. The van der Waals surface area contributed by atoms with Crippen molar-refractivity contribution in [1.82, 2.24) is 0 Å². The van der Waals surface area contributed by atoms with Crippen molar-refractivity contribution in [2.75, 3.05) is 4.90 Å². The lowest BCUT2D eigenvalue weighted by Gasteiger charge is -2.28. The first-order chi connectivity index (χ1) is 9.10. The Morgan fingerprint density at radius 1 is 1.37 bits per heavy atom. The highest BCUT2D eigenvalue weighted by atomic mass is 16.2. The molecule has 4 N–H and O–H groups in total. The molecule has 4 heteroatoms. The summed E-state index contributed by atoms with van der Waals surface area (Å²) in [6.45, 7) is 4.67. The third-order valence-electron chi connectivity index (χ3n) is 3.33. The zero-order chi connectivity index (χ0) is 14.3. The summed E-state index contributed by atoms with van der Waals surface area (Å²) in [6.07, 6.45) is 4.42. The van der Waals surface area contributed by atoms with Gasteiger partial charge in [0.2, 0.25) is 0 Å². The molecule has 2 amide bonds. The van der Waals surface area contributed by atoms with Gasteiger partial charge in [0.1, 0.15) is 0 Å². The van der Waals surface area contributed by atoms with Crippen molar-refractivity contribution in [3.63, 3.8) is 0 Å². The molecule has 0 radical (unpaired) electrons. The highest BCUT2D eigenvalue weighted by Crippen LogP contribution is 2.21. The molecule has 4 nitrogen and oxygen atoms in total. The third-order valence-corrected chi connectivity index (χ3v) is 3.33. The van der Waals surface area contributed by atoms with Crippen LogP contribution in [-0.4, -0.2) is 12.1 Å². The number of nitrogens with two attached hydrogens (primary N) is 2. The number of hydrogen-bond acceptors (Lipinski definition) is 2. The summed E-state index contributed by atoms with van der Waals surface area (Å²) in [6, 6.07) is 7.40. The van der Waals surface area contributed by atoms with Gasteiger partial charge in [-0.3, -0.25) is 4.90 Å². The van der Waals surface area contributed by atoms with E-state index >= 15 is 0 Å². The number of amides is 2. The lowest BCUT2D eigenvalue weighted by Crippen LogP contribution is -2.42. The lowest BCUT2D eigenvalue weighted by molar-refractivity contribution is 0.251. The summed E-state index contributed by atoms with van der Waals surface area (Å²) in [5.41, 5.74) is 13.0. The minimum Gasteiger partial charge on any atom is -0.351 e. The second-order valence-electron chi connectivity index (χ2n) is 4.93. The van der Waals surface area contributed by atoms with Crippen LogP contribution in [0.4, 0.5) is 10.5 Å². The van der Waals surface area contributed by atoms with Crippen LogP contribution < -0.4 is 16.4 Å². The molecule has 0 spiro atoms. The van der Waals surface area contributed by atoms with Gasteiger partial charge in [0, 0.05) is 18.3 Å². The number of benzene rings is 1. The highest BCUT2D eigenvalue weighted by molar-refractivity contribution is 5.91. The van der Waals surface area contributed by atoms with Crippen molar-refractivity contribution in [3.05, 3.63) is 29.8 Å². The Labute approximate surface area is 115 Å². The molecule has 1 rings (SSSR count). The number of rotatable bonds is 7. The summed E-state index contributed by atoms with van der Waals surface area (Å²) < 4.78 is 0. The SMILES string of the molecule is CCCCCC(C)N(C(N)=O)c1cccc(CN)c1. The Hall–Kier alpha value is -1.55. The van der Waals surface area contributed by atoms with E-state index in [1.54, 1.807) is 4.90 Å². The molecule has 0 bridgehead atoms. The second-order valence-corrected chi connectivity index (χ2v) is 4.93.